The third-order valence-electron chi connectivity index (χ3n) is 4.37. The van der Waals surface area contributed by atoms with E-state index >= 15 is 0 Å². The number of nitrogens with zero attached hydrogens (tertiary/aromatic N) is 1. The zero-order valence-corrected chi connectivity index (χ0v) is 14.4. The predicted octanol–water partition coefficient (Wildman–Crippen LogP) is 3.95. The average molecular weight is 343 g/mol. The van der Waals surface area contributed by atoms with Gasteiger partial charge < -0.3 is 10.2 Å². The highest BCUT2D eigenvalue weighted by atomic mass is 35.5. The molecule has 24 heavy (non-hydrogen) atoms. The fourth-order valence-corrected chi connectivity index (χ4v) is 3.26. The number of hydrogen-bond acceptors (Lipinski definition) is 2. The molecule has 0 spiro atoms. The fourth-order valence-electron chi connectivity index (χ4n) is 3.02. The molecule has 2 aromatic carbocycles. The second-order valence-corrected chi connectivity index (χ2v) is 6.52. The second kappa shape index (κ2) is 6.65. The van der Waals surface area contributed by atoms with Crippen molar-refractivity contribution in [1.29, 1.82) is 0 Å². The molecule has 0 bridgehead atoms. The molecule has 1 fully saturated rings. The summed E-state index contributed by atoms with van der Waals surface area (Å²) in [6.07, 6.45) is 0.196. The Labute approximate surface area is 146 Å². The number of halogens is 1. The van der Waals surface area contributed by atoms with Crippen LogP contribution in [0.3, 0.4) is 0 Å². The van der Waals surface area contributed by atoms with Gasteiger partial charge in [-0.3, -0.25) is 9.59 Å². The van der Waals surface area contributed by atoms with Crippen LogP contribution in [0.5, 0.6) is 0 Å². The van der Waals surface area contributed by atoms with Crippen molar-refractivity contribution in [2.24, 2.45) is 5.92 Å². The van der Waals surface area contributed by atoms with E-state index in [2.05, 4.69) is 5.32 Å². The van der Waals surface area contributed by atoms with Gasteiger partial charge in [-0.15, -0.1) is 0 Å². The number of nitrogens with one attached hydrogen (secondary N) is 1. The minimum Gasteiger partial charge on any atom is -0.325 e. The van der Waals surface area contributed by atoms with E-state index in [-0.39, 0.29) is 24.2 Å². The van der Waals surface area contributed by atoms with Crippen molar-refractivity contribution >= 4 is 34.8 Å². The highest BCUT2D eigenvalue weighted by molar-refractivity contribution is 6.33. The Kier molecular flexibility index (Phi) is 4.58. The molecule has 0 saturated carbocycles. The topological polar surface area (TPSA) is 49.4 Å². The monoisotopic (exact) mass is 342 g/mol. The van der Waals surface area contributed by atoms with Crippen LogP contribution in [-0.2, 0) is 9.59 Å². The number of carbonyl (C=O) groups excluding carboxylic acids is 2. The number of benzene rings is 2. The molecule has 1 N–H and O–H groups in total. The highest BCUT2D eigenvalue weighted by Gasteiger charge is 2.36. The maximum Gasteiger partial charge on any atom is 0.229 e. The van der Waals surface area contributed by atoms with E-state index in [1.165, 1.54) is 0 Å². The normalized spacial score (nSPS) is 17.2. The van der Waals surface area contributed by atoms with Crippen molar-refractivity contribution in [3.63, 3.8) is 0 Å². The first-order valence-corrected chi connectivity index (χ1v) is 8.27. The molecule has 0 radical (unpaired) electrons. The molecular formula is C19H19ClN2O2. The van der Waals surface area contributed by atoms with Gasteiger partial charge in [0, 0.05) is 18.7 Å². The largest absolute Gasteiger partial charge is 0.325 e. The van der Waals surface area contributed by atoms with Gasteiger partial charge in [0.15, 0.2) is 0 Å². The van der Waals surface area contributed by atoms with Gasteiger partial charge in [0.1, 0.15) is 0 Å². The first kappa shape index (κ1) is 16.5. The molecule has 1 saturated heterocycles. The van der Waals surface area contributed by atoms with Crippen LogP contribution >= 0.6 is 11.6 Å². The van der Waals surface area contributed by atoms with Crippen LogP contribution in [0.1, 0.15) is 17.5 Å². The summed E-state index contributed by atoms with van der Waals surface area (Å²) < 4.78 is 0. The molecule has 124 valence electrons. The van der Waals surface area contributed by atoms with E-state index in [1.54, 1.807) is 17.0 Å². The minimum atomic E-state index is -0.382. The average Bonchev–Trinajstić information content (AvgIpc) is 2.93. The Hall–Kier alpha value is -2.33. The van der Waals surface area contributed by atoms with Crippen LogP contribution in [0.4, 0.5) is 11.4 Å². The maximum atomic E-state index is 12.6. The van der Waals surface area contributed by atoms with Crippen molar-refractivity contribution in [3.05, 3.63) is 58.6 Å². The number of rotatable bonds is 3. The number of carbonyl (C=O) groups is 2. The molecule has 2 amide bonds. The Morgan fingerprint density at radius 3 is 2.46 bits per heavy atom. The van der Waals surface area contributed by atoms with Crippen molar-refractivity contribution in [3.8, 4) is 0 Å². The quantitative estimate of drug-likeness (QED) is 0.918. The van der Waals surface area contributed by atoms with E-state index in [0.29, 0.717) is 17.3 Å². The highest BCUT2D eigenvalue weighted by Crippen LogP contribution is 2.31. The molecule has 1 aliphatic heterocycles. The van der Waals surface area contributed by atoms with Crippen molar-refractivity contribution in [2.75, 3.05) is 16.8 Å². The van der Waals surface area contributed by atoms with Gasteiger partial charge in [0.2, 0.25) is 11.8 Å². The van der Waals surface area contributed by atoms with Crippen molar-refractivity contribution in [1.82, 2.24) is 0 Å². The van der Waals surface area contributed by atoms with Crippen LogP contribution < -0.4 is 10.2 Å². The van der Waals surface area contributed by atoms with E-state index in [4.69, 9.17) is 11.6 Å². The number of amides is 2. The number of hydrogen-bond donors (Lipinski definition) is 1. The van der Waals surface area contributed by atoms with Gasteiger partial charge in [0.05, 0.1) is 16.6 Å². The summed E-state index contributed by atoms with van der Waals surface area (Å²) in [5.74, 6) is -0.590. The van der Waals surface area contributed by atoms with E-state index in [9.17, 15) is 9.59 Å². The lowest BCUT2D eigenvalue weighted by atomic mass is 10.1. The lowest BCUT2D eigenvalue weighted by molar-refractivity contribution is -0.122. The third-order valence-corrected chi connectivity index (χ3v) is 4.69. The lowest BCUT2D eigenvalue weighted by Crippen LogP contribution is -2.28. The molecule has 0 aromatic heterocycles. The van der Waals surface area contributed by atoms with E-state index in [1.807, 2.05) is 44.2 Å². The molecule has 1 unspecified atom stereocenters. The Morgan fingerprint density at radius 2 is 1.79 bits per heavy atom. The zero-order valence-electron chi connectivity index (χ0n) is 13.7. The SMILES string of the molecule is Cc1cccc(C)c1NC(=O)C1CC(=O)N(c2ccccc2Cl)C1. The van der Waals surface area contributed by atoms with Crippen LogP contribution in [-0.4, -0.2) is 18.4 Å². The molecule has 1 heterocycles. The van der Waals surface area contributed by atoms with Gasteiger partial charge in [0.25, 0.3) is 0 Å². The summed E-state index contributed by atoms with van der Waals surface area (Å²) in [5, 5.41) is 3.49. The van der Waals surface area contributed by atoms with Gasteiger partial charge in [-0.05, 0) is 37.1 Å². The fraction of sp³-hybridized carbons (Fsp3) is 0.263. The van der Waals surface area contributed by atoms with Crippen LogP contribution in [0.25, 0.3) is 0 Å². The van der Waals surface area contributed by atoms with Crippen molar-refractivity contribution in [2.45, 2.75) is 20.3 Å². The van der Waals surface area contributed by atoms with Crippen LogP contribution in [0.2, 0.25) is 5.02 Å². The zero-order chi connectivity index (χ0) is 17.3. The molecule has 5 heteroatoms. The predicted molar refractivity (Wildman–Crippen MR) is 96.5 cm³/mol. The molecule has 2 aromatic rings. The Morgan fingerprint density at radius 1 is 1.12 bits per heavy atom. The summed E-state index contributed by atoms with van der Waals surface area (Å²) in [5.41, 5.74) is 3.50. The number of aryl methyl sites for hydroxylation is 2. The van der Waals surface area contributed by atoms with Crippen molar-refractivity contribution < 1.29 is 9.59 Å². The molecule has 1 atom stereocenters. The molecule has 4 nitrogen and oxygen atoms in total. The van der Waals surface area contributed by atoms with Gasteiger partial charge in [-0.1, -0.05) is 41.9 Å². The first-order chi connectivity index (χ1) is 11.5. The summed E-state index contributed by atoms with van der Waals surface area (Å²) in [7, 11) is 0. The van der Waals surface area contributed by atoms with Gasteiger partial charge >= 0.3 is 0 Å². The summed E-state index contributed by atoms with van der Waals surface area (Å²) >= 11 is 6.17. The smallest absolute Gasteiger partial charge is 0.229 e. The summed E-state index contributed by atoms with van der Waals surface area (Å²) in [6, 6.07) is 13.1. The lowest BCUT2D eigenvalue weighted by Gasteiger charge is -2.18. The number of anilines is 2. The molecule has 3 rings (SSSR count). The maximum absolute atomic E-state index is 12.6. The standard InChI is InChI=1S/C19H19ClN2O2/c1-12-6-5-7-13(2)18(12)21-19(24)14-10-17(23)22(11-14)16-9-4-3-8-15(16)20/h3-9,14H,10-11H2,1-2H3,(H,21,24). The Bertz CT molecular complexity index is 783. The molecule has 0 aliphatic carbocycles. The Balaban J connectivity index is 1.76. The van der Waals surface area contributed by atoms with Gasteiger partial charge in [-0.2, -0.15) is 0 Å². The van der Waals surface area contributed by atoms with E-state index < -0.39 is 0 Å². The van der Waals surface area contributed by atoms with Gasteiger partial charge in [-0.25, -0.2) is 0 Å². The summed E-state index contributed by atoms with van der Waals surface area (Å²) in [4.78, 5) is 26.5. The molecule has 1 aliphatic rings. The number of para-hydroxylation sites is 2. The third kappa shape index (κ3) is 3.15. The van der Waals surface area contributed by atoms with Crippen LogP contribution in [0, 0.1) is 19.8 Å². The minimum absolute atomic E-state index is 0.0789. The summed E-state index contributed by atoms with van der Waals surface area (Å²) in [6.45, 7) is 4.26. The van der Waals surface area contributed by atoms with E-state index in [0.717, 1.165) is 16.8 Å². The first-order valence-electron chi connectivity index (χ1n) is 7.89. The second-order valence-electron chi connectivity index (χ2n) is 6.11. The van der Waals surface area contributed by atoms with Crippen LogP contribution in [0.15, 0.2) is 42.5 Å². The molecular weight excluding hydrogens is 324 g/mol.